The summed E-state index contributed by atoms with van der Waals surface area (Å²) < 4.78 is 28.3. The van der Waals surface area contributed by atoms with Crippen molar-refractivity contribution in [3.63, 3.8) is 0 Å². The third-order valence-electron chi connectivity index (χ3n) is 2.69. The lowest BCUT2D eigenvalue weighted by Crippen LogP contribution is -2.24. The van der Waals surface area contributed by atoms with Crippen LogP contribution < -0.4 is 4.73 Å². The summed E-state index contributed by atoms with van der Waals surface area (Å²) in [6, 6.07) is 2.14. The van der Waals surface area contributed by atoms with Gasteiger partial charge in [0.15, 0.2) is 6.20 Å². The maximum atomic E-state index is 13.6. The first kappa shape index (κ1) is 13.1. The van der Waals surface area contributed by atoms with Gasteiger partial charge in [-0.15, -0.1) is 0 Å². The summed E-state index contributed by atoms with van der Waals surface area (Å²) in [4.78, 5) is 0. The minimum atomic E-state index is -0.773. The molecule has 0 saturated carbocycles. The van der Waals surface area contributed by atoms with Crippen LogP contribution in [0.4, 0.5) is 8.78 Å². The molecular weight excluding hydrogens is 311 g/mol. The van der Waals surface area contributed by atoms with E-state index < -0.39 is 11.6 Å². The second kappa shape index (κ2) is 4.57. The van der Waals surface area contributed by atoms with E-state index in [1.165, 1.54) is 10.9 Å². The van der Waals surface area contributed by atoms with E-state index in [1.54, 1.807) is 0 Å². The summed E-state index contributed by atoms with van der Waals surface area (Å²) in [5, 5.41) is 15.5. The van der Waals surface area contributed by atoms with E-state index >= 15 is 0 Å². The average Bonchev–Trinajstić information content (AvgIpc) is 2.71. The van der Waals surface area contributed by atoms with Gasteiger partial charge in [-0.1, -0.05) is 23.2 Å². The Morgan fingerprint density at radius 3 is 2.45 bits per heavy atom. The van der Waals surface area contributed by atoms with Crippen LogP contribution in [0.25, 0.3) is 16.6 Å². The Hall–Kier alpha value is -1.92. The molecule has 0 amide bonds. The van der Waals surface area contributed by atoms with Crippen molar-refractivity contribution in [2.24, 2.45) is 0 Å². The fourth-order valence-electron chi connectivity index (χ4n) is 1.88. The second-order valence-corrected chi connectivity index (χ2v) is 4.88. The largest absolute Gasteiger partial charge is 0.619 e. The average molecular weight is 316 g/mol. The Morgan fingerprint density at radius 2 is 1.80 bits per heavy atom. The van der Waals surface area contributed by atoms with Crippen LogP contribution >= 0.6 is 23.2 Å². The zero-order chi connectivity index (χ0) is 14.4. The Balaban J connectivity index is 2.28. The lowest BCUT2D eigenvalue weighted by molar-refractivity contribution is -0.605. The lowest BCUT2D eigenvalue weighted by Gasteiger charge is -2.06. The summed E-state index contributed by atoms with van der Waals surface area (Å²) in [5.41, 5.74) is 0.205. The van der Waals surface area contributed by atoms with Crippen LogP contribution in [-0.2, 0) is 0 Å². The van der Waals surface area contributed by atoms with Crippen molar-refractivity contribution in [2.45, 2.75) is 0 Å². The third-order valence-corrected chi connectivity index (χ3v) is 3.26. The first-order valence-corrected chi connectivity index (χ1v) is 6.14. The number of hydrogen-bond donors (Lipinski definition) is 0. The van der Waals surface area contributed by atoms with Crippen molar-refractivity contribution in [1.82, 2.24) is 9.78 Å². The molecule has 0 saturated heterocycles. The summed E-state index contributed by atoms with van der Waals surface area (Å²) in [6.45, 7) is 0. The van der Waals surface area contributed by atoms with Crippen LogP contribution in [0.2, 0.25) is 10.0 Å². The van der Waals surface area contributed by atoms with Crippen LogP contribution in [0.15, 0.2) is 30.7 Å². The molecule has 0 bridgehead atoms. The monoisotopic (exact) mass is 315 g/mol. The summed E-state index contributed by atoms with van der Waals surface area (Å²) >= 11 is 11.8. The van der Waals surface area contributed by atoms with Crippen molar-refractivity contribution < 1.29 is 13.5 Å². The SMILES string of the molecule is [O-][n+]1cc(F)c2nn(-c3c(Cl)cc(F)cc3Cl)cc2c1. The minimum Gasteiger partial charge on any atom is -0.619 e. The molecule has 2 aromatic heterocycles. The molecule has 4 nitrogen and oxygen atoms in total. The fraction of sp³-hybridized carbons (Fsp3) is 0. The minimum absolute atomic E-state index is 0.00596. The Labute approximate surface area is 121 Å². The van der Waals surface area contributed by atoms with E-state index in [-0.39, 0.29) is 26.6 Å². The van der Waals surface area contributed by atoms with Crippen molar-refractivity contribution in [1.29, 1.82) is 0 Å². The van der Waals surface area contributed by atoms with Gasteiger partial charge in [0.25, 0.3) is 0 Å². The first-order chi connectivity index (χ1) is 9.45. The molecule has 0 fully saturated rings. The summed E-state index contributed by atoms with van der Waals surface area (Å²) in [7, 11) is 0. The molecule has 0 radical (unpaired) electrons. The predicted molar refractivity (Wildman–Crippen MR) is 70.0 cm³/mol. The van der Waals surface area contributed by atoms with Gasteiger partial charge in [0, 0.05) is 6.20 Å². The quantitative estimate of drug-likeness (QED) is 0.511. The van der Waals surface area contributed by atoms with E-state index in [1.807, 2.05) is 0 Å². The molecule has 20 heavy (non-hydrogen) atoms. The molecule has 8 heteroatoms. The highest BCUT2D eigenvalue weighted by atomic mass is 35.5. The second-order valence-electron chi connectivity index (χ2n) is 4.06. The van der Waals surface area contributed by atoms with Crippen molar-refractivity contribution >= 4 is 34.1 Å². The first-order valence-electron chi connectivity index (χ1n) is 5.38. The third kappa shape index (κ3) is 2.07. The van der Waals surface area contributed by atoms with Crippen molar-refractivity contribution in [3.05, 3.63) is 57.6 Å². The lowest BCUT2D eigenvalue weighted by atomic mass is 10.3. The molecule has 3 rings (SSSR count). The number of rotatable bonds is 1. The van der Waals surface area contributed by atoms with Crippen LogP contribution in [0, 0.1) is 16.8 Å². The van der Waals surface area contributed by atoms with Gasteiger partial charge in [-0.3, -0.25) is 0 Å². The normalized spacial score (nSPS) is 11.2. The van der Waals surface area contributed by atoms with Gasteiger partial charge in [-0.25, -0.2) is 9.07 Å². The topological polar surface area (TPSA) is 44.8 Å². The van der Waals surface area contributed by atoms with Gasteiger partial charge < -0.3 is 5.21 Å². The number of fused-ring (bicyclic) bond motifs is 1. The maximum Gasteiger partial charge on any atom is 0.218 e. The van der Waals surface area contributed by atoms with E-state index in [0.29, 0.717) is 4.73 Å². The van der Waals surface area contributed by atoms with Gasteiger partial charge in [0.2, 0.25) is 12.0 Å². The van der Waals surface area contributed by atoms with E-state index in [9.17, 15) is 14.0 Å². The highest BCUT2D eigenvalue weighted by molar-refractivity contribution is 6.37. The molecule has 0 atom stereocenters. The van der Waals surface area contributed by atoms with E-state index in [2.05, 4.69) is 5.10 Å². The van der Waals surface area contributed by atoms with Crippen LogP contribution in [0.5, 0.6) is 0 Å². The zero-order valence-corrected chi connectivity index (χ0v) is 11.2. The smallest absolute Gasteiger partial charge is 0.218 e. The molecule has 0 aliphatic rings. The van der Waals surface area contributed by atoms with Gasteiger partial charge in [0.1, 0.15) is 17.0 Å². The van der Waals surface area contributed by atoms with E-state index in [0.717, 1.165) is 24.5 Å². The molecule has 2 heterocycles. The summed E-state index contributed by atoms with van der Waals surface area (Å²) in [5.74, 6) is -1.37. The molecule has 0 N–H and O–H groups in total. The highest BCUT2D eigenvalue weighted by Crippen LogP contribution is 2.30. The molecule has 0 unspecified atom stereocenters. The number of halogens is 4. The Bertz CT molecular complexity index is 812. The van der Waals surface area contributed by atoms with Crippen molar-refractivity contribution in [3.8, 4) is 5.69 Å². The number of benzene rings is 1. The molecule has 0 aliphatic carbocycles. The van der Waals surface area contributed by atoms with Gasteiger partial charge >= 0.3 is 0 Å². The molecule has 0 spiro atoms. The number of nitrogens with zero attached hydrogens (tertiary/aromatic N) is 3. The number of hydrogen-bond acceptors (Lipinski definition) is 2. The number of pyridine rings is 1. The van der Waals surface area contributed by atoms with Gasteiger partial charge in [-0.05, 0) is 12.1 Å². The Morgan fingerprint density at radius 1 is 1.15 bits per heavy atom. The fourth-order valence-corrected chi connectivity index (χ4v) is 2.52. The molecule has 1 aromatic carbocycles. The summed E-state index contributed by atoms with van der Waals surface area (Å²) in [6.07, 6.45) is 3.30. The van der Waals surface area contributed by atoms with Gasteiger partial charge in [0.05, 0.1) is 15.4 Å². The molecule has 102 valence electrons. The molecule has 0 aliphatic heterocycles. The standard InChI is InChI=1S/C12H5Cl2F2N3O/c13-8-1-7(15)2-9(14)12(8)19-4-6-3-18(20)5-10(16)11(6)17-19/h1-5H. The highest BCUT2D eigenvalue weighted by Gasteiger charge is 2.16. The molecule has 3 aromatic rings. The van der Waals surface area contributed by atoms with Crippen LogP contribution in [0.3, 0.4) is 0 Å². The number of aromatic nitrogens is 3. The van der Waals surface area contributed by atoms with Gasteiger partial charge in [-0.2, -0.15) is 14.2 Å². The predicted octanol–water partition coefficient (Wildman–Crippen LogP) is 3.24. The Kier molecular flexibility index (Phi) is 2.99. The maximum absolute atomic E-state index is 13.6. The zero-order valence-electron chi connectivity index (χ0n) is 9.65. The van der Waals surface area contributed by atoms with Crippen LogP contribution in [-0.4, -0.2) is 9.78 Å². The van der Waals surface area contributed by atoms with E-state index in [4.69, 9.17) is 23.2 Å². The van der Waals surface area contributed by atoms with Crippen LogP contribution in [0.1, 0.15) is 0 Å². The molecular formula is C12H5Cl2F2N3O. The van der Waals surface area contributed by atoms with Crippen molar-refractivity contribution in [2.75, 3.05) is 0 Å².